The fourth-order valence-electron chi connectivity index (χ4n) is 3.33. The Balaban J connectivity index is 1.61. The molecule has 2 aromatic carbocycles. The van der Waals surface area contributed by atoms with Crippen molar-refractivity contribution < 1.29 is 32.2 Å². The summed E-state index contributed by atoms with van der Waals surface area (Å²) in [6, 6.07) is 11.9. The predicted octanol–water partition coefficient (Wildman–Crippen LogP) is 3.65. The number of carbonyl (C=O) groups is 1. The lowest BCUT2D eigenvalue weighted by Crippen LogP contribution is -2.40. The Morgan fingerprint density at radius 2 is 1.85 bits per heavy atom. The number of carbonyl (C=O) groups excluding carboxylic acids is 1. The van der Waals surface area contributed by atoms with Crippen molar-refractivity contribution in [2.75, 3.05) is 39.5 Å². The number of esters is 1. The first-order chi connectivity index (χ1) is 16.4. The van der Waals surface area contributed by atoms with Gasteiger partial charge in [-0.05, 0) is 54.8 Å². The Kier molecular flexibility index (Phi) is 9.50. The van der Waals surface area contributed by atoms with Gasteiger partial charge in [0.2, 0.25) is 10.0 Å². The van der Waals surface area contributed by atoms with Crippen LogP contribution in [0.2, 0.25) is 0 Å². The van der Waals surface area contributed by atoms with E-state index in [9.17, 15) is 13.2 Å². The normalized spacial score (nSPS) is 14.8. The van der Waals surface area contributed by atoms with E-state index in [0.717, 1.165) is 12.0 Å². The van der Waals surface area contributed by atoms with Gasteiger partial charge < -0.3 is 18.9 Å². The molecular weight excluding hydrogens is 458 g/mol. The quantitative estimate of drug-likeness (QED) is 0.351. The van der Waals surface area contributed by atoms with Gasteiger partial charge in [0.15, 0.2) is 11.5 Å². The molecule has 0 unspecified atom stereocenters. The summed E-state index contributed by atoms with van der Waals surface area (Å²) in [6.07, 6.45) is 3.85. The standard InChI is InChI=1S/C25H31NO7S/c1-3-14-32-23-10-8-20(18-24(23)31-4-2)9-11-25(27)33-19-21-6-5-7-22(17-21)34(28,29)26-12-15-30-16-13-26/h5-11,17-18H,3-4,12-16,19H2,1-2H3/b11-9+. The highest BCUT2D eigenvalue weighted by Crippen LogP contribution is 2.29. The number of rotatable bonds is 11. The number of benzene rings is 2. The van der Waals surface area contributed by atoms with Crippen molar-refractivity contribution >= 4 is 22.1 Å². The molecule has 0 saturated carbocycles. The molecule has 0 bridgehead atoms. The van der Waals surface area contributed by atoms with Crippen LogP contribution in [0.15, 0.2) is 53.4 Å². The number of nitrogens with zero attached hydrogens (tertiary/aromatic N) is 1. The summed E-state index contributed by atoms with van der Waals surface area (Å²) in [6.45, 7) is 6.38. The Labute approximate surface area is 201 Å². The zero-order valence-electron chi connectivity index (χ0n) is 19.6. The molecule has 1 heterocycles. The highest BCUT2D eigenvalue weighted by atomic mass is 32.2. The molecular formula is C25H31NO7S. The maximum absolute atomic E-state index is 12.8. The fourth-order valence-corrected chi connectivity index (χ4v) is 4.81. The molecule has 0 radical (unpaired) electrons. The molecule has 1 aliphatic rings. The molecule has 1 fully saturated rings. The first kappa shape index (κ1) is 25.7. The molecule has 0 amide bonds. The Morgan fingerprint density at radius 3 is 2.59 bits per heavy atom. The van der Waals surface area contributed by atoms with Crippen molar-refractivity contribution in [1.29, 1.82) is 0 Å². The summed E-state index contributed by atoms with van der Waals surface area (Å²) in [4.78, 5) is 12.4. The van der Waals surface area contributed by atoms with Crippen molar-refractivity contribution in [2.45, 2.75) is 31.8 Å². The van der Waals surface area contributed by atoms with Gasteiger partial charge in [-0.25, -0.2) is 13.2 Å². The van der Waals surface area contributed by atoms with Crippen molar-refractivity contribution in [3.8, 4) is 11.5 Å². The number of hydrogen-bond acceptors (Lipinski definition) is 7. The number of hydrogen-bond donors (Lipinski definition) is 0. The molecule has 0 aliphatic carbocycles. The van der Waals surface area contributed by atoms with Crippen LogP contribution in [-0.4, -0.2) is 58.2 Å². The molecule has 0 atom stereocenters. The maximum atomic E-state index is 12.8. The van der Waals surface area contributed by atoms with Gasteiger partial charge in [-0.1, -0.05) is 25.1 Å². The molecule has 0 N–H and O–H groups in total. The minimum absolute atomic E-state index is 0.0381. The molecule has 1 aliphatic heterocycles. The van der Waals surface area contributed by atoms with E-state index in [1.165, 1.54) is 16.4 Å². The monoisotopic (exact) mass is 489 g/mol. The van der Waals surface area contributed by atoms with Crippen molar-refractivity contribution in [1.82, 2.24) is 4.31 Å². The second-order valence-corrected chi connectivity index (χ2v) is 9.53. The van der Waals surface area contributed by atoms with Crippen LogP contribution < -0.4 is 9.47 Å². The van der Waals surface area contributed by atoms with Gasteiger partial charge in [0.05, 0.1) is 31.3 Å². The number of ether oxygens (including phenoxy) is 4. The highest BCUT2D eigenvalue weighted by molar-refractivity contribution is 7.89. The van der Waals surface area contributed by atoms with Crippen LogP contribution in [0.3, 0.4) is 0 Å². The topological polar surface area (TPSA) is 91.4 Å². The van der Waals surface area contributed by atoms with Gasteiger partial charge in [0, 0.05) is 19.2 Å². The molecule has 184 valence electrons. The predicted molar refractivity (Wildman–Crippen MR) is 128 cm³/mol. The Morgan fingerprint density at radius 1 is 1.06 bits per heavy atom. The number of sulfonamides is 1. The molecule has 8 nitrogen and oxygen atoms in total. The van der Waals surface area contributed by atoms with Crippen LogP contribution in [0.4, 0.5) is 0 Å². The molecule has 0 aromatic heterocycles. The SMILES string of the molecule is CCCOc1ccc(/C=C/C(=O)OCc2cccc(S(=O)(=O)N3CCOCC3)c2)cc1OCC. The van der Waals surface area contributed by atoms with E-state index < -0.39 is 16.0 Å². The van der Waals surface area contributed by atoms with Crippen LogP contribution >= 0.6 is 0 Å². The first-order valence-corrected chi connectivity index (χ1v) is 12.8. The fraction of sp³-hybridized carbons (Fsp3) is 0.400. The molecule has 34 heavy (non-hydrogen) atoms. The summed E-state index contributed by atoms with van der Waals surface area (Å²) in [5.41, 5.74) is 1.36. The van der Waals surface area contributed by atoms with Crippen LogP contribution in [0.25, 0.3) is 6.08 Å². The molecule has 3 rings (SSSR count). The Hall–Kier alpha value is -2.88. The number of morpholine rings is 1. The summed E-state index contributed by atoms with van der Waals surface area (Å²) >= 11 is 0. The third-order valence-electron chi connectivity index (χ3n) is 5.03. The average Bonchev–Trinajstić information content (AvgIpc) is 2.86. The van der Waals surface area contributed by atoms with Crippen LogP contribution in [-0.2, 0) is 30.9 Å². The van der Waals surface area contributed by atoms with Gasteiger partial charge in [0.1, 0.15) is 6.61 Å². The van der Waals surface area contributed by atoms with Gasteiger partial charge in [-0.2, -0.15) is 4.31 Å². The largest absolute Gasteiger partial charge is 0.490 e. The van der Waals surface area contributed by atoms with Crippen LogP contribution in [0, 0.1) is 0 Å². The molecule has 0 spiro atoms. The van der Waals surface area contributed by atoms with E-state index in [1.54, 1.807) is 30.3 Å². The highest BCUT2D eigenvalue weighted by Gasteiger charge is 2.26. The second kappa shape index (κ2) is 12.5. The van der Waals surface area contributed by atoms with Crippen LogP contribution in [0.1, 0.15) is 31.4 Å². The van der Waals surface area contributed by atoms with Crippen molar-refractivity contribution in [2.24, 2.45) is 0 Å². The molecule has 1 saturated heterocycles. The van der Waals surface area contributed by atoms with Gasteiger partial charge in [-0.3, -0.25) is 0 Å². The van der Waals surface area contributed by atoms with Gasteiger partial charge >= 0.3 is 5.97 Å². The zero-order valence-corrected chi connectivity index (χ0v) is 20.4. The summed E-state index contributed by atoms with van der Waals surface area (Å²) in [7, 11) is -3.61. The molecule has 9 heteroatoms. The minimum atomic E-state index is -3.61. The summed E-state index contributed by atoms with van der Waals surface area (Å²) in [5.74, 6) is 0.741. The van der Waals surface area contributed by atoms with Crippen molar-refractivity contribution in [3.05, 3.63) is 59.7 Å². The average molecular weight is 490 g/mol. The van der Waals surface area contributed by atoms with Gasteiger partial charge in [0.25, 0.3) is 0 Å². The van der Waals surface area contributed by atoms with E-state index in [4.69, 9.17) is 18.9 Å². The third kappa shape index (κ3) is 7.06. The first-order valence-electron chi connectivity index (χ1n) is 11.4. The minimum Gasteiger partial charge on any atom is -0.490 e. The van der Waals surface area contributed by atoms with Crippen LogP contribution in [0.5, 0.6) is 11.5 Å². The van der Waals surface area contributed by atoms with Gasteiger partial charge in [-0.15, -0.1) is 0 Å². The van der Waals surface area contributed by atoms with E-state index in [2.05, 4.69) is 0 Å². The zero-order chi connectivity index (χ0) is 24.4. The maximum Gasteiger partial charge on any atom is 0.331 e. The van der Waals surface area contributed by atoms with E-state index in [1.807, 2.05) is 26.0 Å². The molecule has 2 aromatic rings. The lowest BCUT2D eigenvalue weighted by molar-refractivity contribution is -0.138. The Bertz CT molecular complexity index is 1090. The van der Waals surface area contributed by atoms with Crippen molar-refractivity contribution in [3.63, 3.8) is 0 Å². The van der Waals surface area contributed by atoms with E-state index >= 15 is 0 Å². The summed E-state index contributed by atoms with van der Waals surface area (Å²) in [5, 5.41) is 0. The van der Waals surface area contributed by atoms with E-state index in [-0.39, 0.29) is 11.5 Å². The summed E-state index contributed by atoms with van der Waals surface area (Å²) < 4.78 is 48.9. The third-order valence-corrected chi connectivity index (χ3v) is 6.92. The van der Waals surface area contributed by atoms with E-state index in [0.29, 0.717) is 56.6 Å². The second-order valence-electron chi connectivity index (χ2n) is 7.59. The lowest BCUT2D eigenvalue weighted by Gasteiger charge is -2.26. The smallest absolute Gasteiger partial charge is 0.331 e. The lowest BCUT2D eigenvalue weighted by atomic mass is 10.2.